The highest BCUT2D eigenvalue weighted by Gasteiger charge is 1.99. The van der Waals surface area contributed by atoms with Crippen molar-refractivity contribution in [2.75, 3.05) is 0 Å². The number of benzene rings is 1. The third-order valence-electron chi connectivity index (χ3n) is 1.07. The molecular formula is C7H4BrO2. The highest BCUT2D eigenvalue weighted by molar-refractivity contribution is 9.10. The largest absolute Gasteiger partial charge is 0.507 e. The fourth-order valence-electron chi connectivity index (χ4n) is 0.590. The number of hydrogen-bond donors (Lipinski definition) is 1. The predicted octanol–water partition coefficient (Wildman–Crippen LogP) is 1.61. The van der Waals surface area contributed by atoms with E-state index in [4.69, 9.17) is 5.11 Å². The molecule has 0 saturated heterocycles. The highest BCUT2D eigenvalue weighted by Crippen LogP contribution is 2.19. The number of hydrogen-bond acceptors (Lipinski definition) is 2. The summed E-state index contributed by atoms with van der Waals surface area (Å²) in [6, 6.07) is 4.59. The molecule has 0 spiro atoms. The maximum atomic E-state index is 10.1. The van der Waals surface area contributed by atoms with E-state index >= 15 is 0 Å². The van der Waals surface area contributed by atoms with E-state index < -0.39 is 0 Å². The molecule has 0 amide bonds. The van der Waals surface area contributed by atoms with E-state index in [1.165, 1.54) is 12.1 Å². The van der Waals surface area contributed by atoms with Crippen molar-refractivity contribution >= 4 is 22.2 Å². The Labute approximate surface area is 66.6 Å². The van der Waals surface area contributed by atoms with Gasteiger partial charge in [-0.1, -0.05) is 15.9 Å². The van der Waals surface area contributed by atoms with Crippen LogP contribution in [0, 0.1) is 0 Å². The Morgan fingerprint density at radius 3 is 2.70 bits per heavy atom. The van der Waals surface area contributed by atoms with Crippen molar-refractivity contribution in [2.45, 2.75) is 0 Å². The van der Waals surface area contributed by atoms with Gasteiger partial charge in [0.05, 0.1) is 5.56 Å². The van der Waals surface area contributed by atoms with Gasteiger partial charge in [-0.3, -0.25) is 4.79 Å². The summed E-state index contributed by atoms with van der Waals surface area (Å²) >= 11 is 3.15. The molecule has 1 aromatic rings. The van der Waals surface area contributed by atoms with Crippen molar-refractivity contribution in [3.63, 3.8) is 0 Å². The van der Waals surface area contributed by atoms with Gasteiger partial charge in [0.25, 0.3) is 0 Å². The summed E-state index contributed by atoms with van der Waals surface area (Å²) in [7, 11) is 0. The first-order chi connectivity index (χ1) is 4.74. The molecule has 0 unspecified atom stereocenters. The second kappa shape index (κ2) is 2.84. The van der Waals surface area contributed by atoms with Crippen LogP contribution < -0.4 is 0 Å². The molecule has 10 heavy (non-hydrogen) atoms. The molecule has 0 aliphatic rings. The van der Waals surface area contributed by atoms with E-state index in [1.807, 2.05) is 0 Å². The minimum absolute atomic E-state index is 0.0433. The van der Waals surface area contributed by atoms with Gasteiger partial charge in [0, 0.05) is 4.47 Å². The van der Waals surface area contributed by atoms with Crippen LogP contribution in [0.25, 0.3) is 0 Å². The lowest BCUT2D eigenvalue weighted by Crippen LogP contribution is -1.80. The molecule has 3 heteroatoms. The molecule has 0 aliphatic carbocycles. The SMILES string of the molecule is O=[C]c1cc(Br)ccc1O. The Morgan fingerprint density at radius 2 is 2.20 bits per heavy atom. The monoisotopic (exact) mass is 199 g/mol. The van der Waals surface area contributed by atoms with Gasteiger partial charge in [0.15, 0.2) is 0 Å². The molecule has 1 rings (SSSR count). The maximum Gasteiger partial charge on any atom is 0.237 e. The number of rotatable bonds is 1. The van der Waals surface area contributed by atoms with Gasteiger partial charge < -0.3 is 5.11 Å². The predicted molar refractivity (Wildman–Crippen MR) is 40.6 cm³/mol. The second-order valence-corrected chi connectivity index (χ2v) is 2.68. The van der Waals surface area contributed by atoms with Crippen LogP contribution in [-0.2, 0) is 4.79 Å². The van der Waals surface area contributed by atoms with E-state index in [2.05, 4.69) is 15.9 Å². The van der Waals surface area contributed by atoms with Gasteiger partial charge in [0.1, 0.15) is 5.75 Å². The Hall–Kier alpha value is -0.830. The minimum atomic E-state index is -0.0433. The molecule has 0 fully saturated rings. The van der Waals surface area contributed by atoms with E-state index in [0.717, 1.165) is 4.47 Å². The van der Waals surface area contributed by atoms with E-state index in [9.17, 15) is 4.79 Å². The van der Waals surface area contributed by atoms with Gasteiger partial charge in [-0.2, -0.15) is 0 Å². The van der Waals surface area contributed by atoms with Crippen molar-refractivity contribution in [3.05, 3.63) is 28.2 Å². The Bertz CT molecular complexity index is 258. The van der Waals surface area contributed by atoms with Crippen molar-refractivity contribution in [1.82, 2.24) is 0 Å². The van der Waals surface area contributed by atoms with Gasteiger partial charge in [-0.25, -0.2) is 0 Å². The Morgan fingerprint density at radius 1 is 1.50 bits per heavy atom. The van der Waals surface area contributed by atoms with E-state index in [0.29, 0.717) is 0 Å². The van der Waals surface area contributed by atoms with Crippen LogP contribution in [0.5, 0.6) is 5.75 Å². The normalized spacial score (nSPS) is 9.30. The highest BCUT2D eigenvalue weighted by atomic mass is 79.9. The first-order valence-corrected chi connectivity index (χ1v) is 3.40. The minimum Gasteiger partial charge on any atom is -0.507 e. The third kappa shape index (κ3) is 1.36. The average molecular weight is 200 g/mol. The number of aromatic hydroxyl groups is 1. The van der Waals surface area contributed by atoms with Crippen LogP contribution >= 0.6 is 15.9 Å². The molecule has 0 heterocycles. The fraction of sp³-hybridized carbons (Fsp3) is 0. The molecular weight excluding hydrogens is 196 g/mol. The average Bonchev–Trinajstić information content (AvgIpc) is 1.94. The number of halogens is 1. The number of phenols is 1. The number of phenolic OH excluding ortho intramolecular Hbond substituents is 1. The van der Waals surface area contributed by atoms with E-state index in [1.54, 1.807) is 12.4 Å². The zero-order valence-electron chi connectivity index (χ0n) is 4.97. The van der Waals surface area contributed by atoms with Crippen LogP contribution in [0.4, 0.5) is 0 Å². The summed E-state index contributed by atoms with van der Waals surface area (Å²) in [6.07, 6.45) is 1.61. The molecule has 0 atom stereocenters. The lowest BCUT2D eigenvalue weighted by atomic mass is 10.2. The van der Waals surface area contributed by atoms with Crippen LogP contribution in [0.15, 0.2) is 22.7 Å². The van der Waals surface area contributed by atoms with Gasteiger partial charge in [-0.15, -0.1) is 0 Å². The van der Waals surface area contributed by atoms with Crippen LogP contribution in [-0.4, -0.2) is 11.4 Å². The second-order valence-electron chi connectivity index (χ2n) is 1.76. The fourth-order valence-corrected chi connectivity index (χ4v) is 0.951. The van der Waals surface area contributed by atoms with Gasteiger partial charge >= 0.3 is 0 Å². The molecule has 0 aliphatic heterocycles. The maximum absolute atomic E-state index is 10.1. The van der Waals surface area contributed by atoms with Crippen molar-refractivity contribution in [3.8, 4) is 5.75 Å². The summed E-state index contributed by atoms with van der Waals surface area (Å²) in [5.41, 5.74) is 0.175. The van der Waals surface area contributed by atoms with Crippen LogP contribution in [0.2, 0.25) is 0 Å². The zero-order valence-corrected chi connectivity index (χ0v) is 6.55. The van der Waals surface area contributed by atoms with Gasteiger partial charge in [-0.05, 0) is 18.2 Å². The quantitative estimate of drug-likeness (QED) is 0.747. The first-order valence-electron chi connectivity index (χ1n) is 2.60. The van der Waals surface area contributed by atoms with Crippen LogP contribution in [0.1, 0.15) is 5.56 Å². The Kier molecular flexibility index (Phi) is 2.06. The molecule has 0 aromatic heterocycles. The topological polar surface area (TPSA) is 37.3 Å². The molecule has 51 valence electrons. The standard InChI is InChI=1S/C7H4BrO2/c8-6-1-2-7(10)5(3-6)4-9/h1-3,10H. The molecule has 0 saturated carbocycles. The zero-order chi connectivity index (χ0) is 7.56. The molecule has 1 N–H and O–H groups in total. The van der Waals surface area contributed by atoms with Crippen molar-refractivity contribution < 1.29 is 9.90 Å². The lowest BCUT2D eigenvalue weighted by molar-refractivity contribution is 0.472. The van der Waals surface area contributed by atoms with Gasteiger partial charge in [0.2, 0.25) is 6.29 Å². The first kappa shape index (κ1) is 7.28. The molecule has 1 aromatic carbocycles. The molecule has 1 radical (unpaired) electrons. The third-order valence-corrected chi connectivity index (χ3v) is 1.56. The summed E-state index contributed by atoms with van der Waals surface area (Å²) in [4.78, 5) is 10.1. The summed E-state index contributed by atoms with van der Waals surface area (Å²) < 4.78 is 0.753. The molecule has 2 nitrogen and oxygen atoms in total. The molecule has 0 bridgehead atoms. The smallest absolute Gasteiger partial charge is 0.237 e. The Balaban J connectivity index is 3.21. The van der Waals surface area contributed by atoms with Crippen LogP contribution in [0.3, 0.4) is 0 Å². The number of carbonyl (C=O) groups excluding carboxylic acids is 1. The van der Waals surface area contributed by atoms with E-state index in [-0.39, 0.29) is 11.3 Å². The van der Waals surface area contributed by atoms with Crippen molar-refractivity contribution in [1.29, 1.82) is 0 Å². The summed E-state index contributed by atoms with van der Waals surface area (Å²) in [5.74, 6) is -0.0433. The summed E-state index contributed by atoms with van der Waals surface area (Å²) in [5, 5.41) is 8.95. The lowest BCUT2D eigenvalue weighted by Gasteiger charge is -1.94. The van der Waals surface area contributed by atoms with Crippen molar-refractivity contribution in [2.24, 2.45) is 0 Å². The summed E-state index contributed by atoms with van der Waals surface area (Å²) in [6.45, 7) is 0.